The van der Waals surface area contributed by atoms with Crippen molar-refractivity contribution in [3.05, 3.63) is 23.3 Å². The number of β-amino-alcohol motifs (C(OH)–C–C–N with tert-alkyl or cyclic N) is 1. The summed E-state index contributed by atoms with van der Waals surface area (Å²) in [7, 11) is 0. The summed E-state index contributed by atoms with van der Waals surface area (Å²) in [6.07, 6.45) is 1.40. The van der Waals surface area contributed by atoms with Crippen LogP contribution in [0.1, 0.15) is 25.0 Å². The molecule has 1 amide bonds. The maximum atomic E-state index is 12.0. The Balaban J connectivity index is 2.13. The van der Waals surface area contributed by atoms with Gasteiger partial charge in [-0.15, -0.1) is 0 Å². The van der Waals surface area contributed by atoms with E-state index in [1.54, 1.807) is 4.90 Å². The molecule has 0 bridgehead atoms. The Labute approximate surface area is 118 Å². The van der Waals surface area contributed by atoms with Gasteiger partial charge in [0.05, 0.1) is 17.8 Å². The van der Waals surface area contributed by atoms with E-state index in [0.29, 0.717) is 6.42 Å². The van der Waals surface area contributed by atoms with E-state index in [-0.39, 0.29) is 25.1 Å². The Kier molecular flexibility index (Phi) is 2.99. The second-order valence-electron chi connectivity index (χ2n) is 5.89. The molecule has 0 aromatic heterocycles. The average molecular weight is 276 g/mol. The topological polar surface area (TPSA) is 75.8 Å². The molecule has 0 fully saturated rings. The van der Waals surface area contributed by atoms with Gasteiger partial charge in [0.2, 0.25) is 5.91 Å². The lowest BCUT2D eigenvalue weighted by Gasteiger charge is -2.40. The minimum atomic E-state index is -1.04. The third-order valence-electron chi connectivity index (χ3n) is 4.14. The van der Waals surface area contributed by atoms with Crippen LogP contribution in [0, 0.1) is 0 Å². The van der Waals surface area contributed by atoms with Gasteiger partial charge in [-0.2, -0.15) is 0 Å². The lowest BCUT2D eigenvalue weighted by Crippen LogP contribution is -2.54. The van der Waals surface area contributed by atoms with E-state index in [0.717, 1.165) is 29.0 Å². The van der Waals surface area contributed by atoms with Crippen molar-refractivity contribution in [1.82, 2.24) is 0 Å². The van der Waals surface area contributed by atoms with Crippen molar-refractivity contribution in [2.75, 3.05) is 18.0 Å². The lowest BCUT2D eigenvalue weighted by atomic mass is 9.86. The minimum Gasteiger partial charge on any atom is -0.490 e. The number of carbonyl (C=O) groups excluding carboxylic acids is 1. The maximum Gasteiger partial charge on any atom is 0.223 e. The van der Waals surface area contributed by atoms with E-state index in [4.69, 9.17) is 10.5 Å². The highest BCUT2D eigenvalue weighted by molar-refractivity contribution is 5.95. The summed E-state index contributed by atoms with van der Waals surface area (Å²) in [4.78, 5) is 13.6. The molecule has 3 rings (SSSR count). The molecule has 2 unspecified atom stereocenters. The fourth-order valence-electron chi connectivity index (χ4n) is 3.19. The standard InChI is InChI=1S/C15H20N2O3/c1-9-5-12-13(20-9)4-3-11-6-15(19,7-16)8-17(10(2)18)14(11)12/h3-4,9,19H,5-8,16H2,1-2H3. The van der Waals surface area contributed by atoms with E-state index in [1.165, 1.54) is 6.92 Å². The molecule has 0 saturated carbocycles. The summed E-state index contributed by atoms with van der Waals surface area (Å²) < 4.78 is 5.75. The number of nitrogens with zero attached hydrogens (tertiary/aromatic N) is 1. The fraction of sp³-hybridized carbons (Fsp3) is 0.533. The first kappa shape index (κ1) is 13.4. The first-order valence-corrected chi connectivity index (χ1v) is 6.95. The first-order chi connectivity index (χ1) is 9.43. The summed E-state index contributed by atoms with van der Waals surface area (Å²) in [5, 5.41) is 10.5. The fourth-order valence-corrected chi connectivity index (χ4v) is 3.19. The normalized spacial score (nSPS) is 27.8. The Morgan fingerprint density at radius 2 is 2.35 bits per heavy atom. The quantitative estimate of drug-likeness (QED) is 0.788. The van der Waals surface area contributed by atoms with Crippen LogP contribution < -0.4 is 15.4 Å². The van der Waals surface area contributed by atoms with E-state index in [1.807, 2.05) is 19.1 Å². The third kappa shape index (κ3) is 1.98. The van der Waals surface area contributed by atoms with Crippen molar-refractivity contribution in [2.45, 2.75) is 38.4 Å². The number of nitrogens with two attached hydrogens (primary N) is 1. The number of benzene rings is 1. The highest BCUT2D eigenvalue weighted by Crippen LogP contribution is 2.42. The van der Waals surface area contributed by atoms with Gasteiger partial charge in [0.1, 0.15) is 11.9 Å². The van der Waals surface area contributed by atoms with Gasteiger partial charge in [0, 0.05) is 31.9 Å². The first-order valence-electron chi connectivity index (χ1n) is 6.95. The highest BCUT2D eigenvalue weighted by Gasteiger charge is 2.39. The molecule has 0 spiro atoms. The number of anilines is 1. The monoisotopic (exact) mass is 276 g/mol. The molecule has 20 heavy (non-hydrogen) atoms. The van der Waals surface area contributed by atoms with Crippen LogP contribution in [0.15, 0.2) is 12.1 Å². The van der Waals surface area contributed by atoms with Crippen LogP contribution in [0.5, 0.6) is 5.75 Å². The van der Waals surface area contributed by atoms with Gasteiger partial charge in [0.15, 0.2) is 0 Å². The summed E-state index contributed by atoms with van der Waals surface area (Å²) in [5.74, 6) is 0.770. The molecular formula is C15H20N2O3. The number of rotatable bonds is 1. The smallest absolute Gasteiger partial charge is 0.223 e. The lowest BCUT2D eigenvalue weighted by molar-refractivity contribution is -0.117. The number of amides is 1. The zero-order chi connectivity index (χ0) is 14.5. The van der Waals surface area contributed by atoms with Crippen LogP contribution in [0.25, 0.3) is 0 Å². The summed E-state index contributed by atoms with van der Waals surface area (Å²) in [5.41, 5.74) is 7.59. The highest BCUT2D eigenvalue weighted by atomic mass is 16.5. The Morgan fingerprint density at radius 1 is 1.60 bits per heavy atom. The summed E-state index contributed by atoms with van der Waals surface area (Å²) >= 11 is 0. The molecule has 5 heteroatoms. The predicted octanol–water partition coefficient (Wildman–Crippen LogP) is 0.609. The van der Waals surface area contributed by atoms with Crippen molar-refractivity contribution in [3.63, 3.8) is 0 Å². The van der Waals surface area contributed by atoms with Crippen molar-refractivity contribution in [2.24, 2.45) is 5.73 Å². The summed E-state index contributed by atoms with van der Waals surface area (Å²) in [6, 6.07) is 3.86. The number of fused-ring (bicyclic) bond motifs is 3. The number of hydrogen-bond acceptors (Lipinski definition) is 4. The SMILES string of the molecule is CC(=O)N1CC(O)(CN)Cc2ccc3c(c21)CC(C)O3. The van der Waals surface area contributed by atoms with E-state index < -0.39 is 5.60 Å². The second kappa shape index (κ2) is 4.46. The molecule has 2 aliphatic rings. The molecule has 108 valence electrons. The molecule has 1 aromatic rings. The van der Waals surface area contributed by atoms with Crippen LogP contribution in [0.4, 0.5) is 5.69 Å². The Hall–Kier alpha value is -1.59. The molecule has 2 atom stereocenters. The Bertz CT molecular complexity index is 572. The molecule has 1 aromatic carbocycles. The van der Waals surface area contributed by atoms with E-state index >= 15 is 0 Å². The maximum absolute atomic E-state index is 12.0. The van der Waals surface area contributed by atoms with Gasteiger partial charge in [-0.1, -0.05) is 6.07 Å². The van der Waals surface area contributed by atoms with Crippen LogP contribution in [0.3, 0.4) is 0 Å². The zero-order valence-electron chi connectivity index (χ0n) is 11.8. The molecule has 0 saturated heterocycles. The zero-order valence-corrected chi connectivity index (χ0v) is 11.8. The number of ether oxygens (including phenoxy) is 1. The van der Waals surface area contributed by atoms with Gasteiger partial charge >= 0.3 is 0 Å². The molecule has 2 aliphatic heterocycles. The second-order valence-corrected chi connectivity index (χ2v) is 5.89. The molecule has 5 nitrogen and oxygen atoms in total. The average Bonchev–Trinajstić information content (AvgIpc) is 2.77. The van der Waals surface area contributed by atoms with Crippen molar-refractivity contribution in [3.8, 4) is 5.75 Å². The number of aliphatic hydroxyl groups is 1. The minimum absolute atomic E-state index is 0.0780. The molecular weight excluding hydrogens is 256 g/mol. The predicted molar refractivity (Wildman–Crippen MR) is 76.0 cm³/mol. The van der Waals surface area contributed by atoms with Gasteiger partial charge in [-0.3, -0.25) is 4.79 Å². The van der Waals surface area contributed by atoms with Crippen molar-refractivity contribution in [1.29, 1.82) is 0 Å². The van der Waals surface area contributed by atoms with Gasteiger partial charge in [0.25, 0.3) is 0 Å². The van der Waals surface area contributed by atoms with Crippen LogP contribution in [-0.4, -0.2) is 35.8 Å². The summed E-state index contributed by atoms with van der Waals surface area (Å²) in [6.45, 7) is 3.92. The number of carbonyl (C=O) groups is 1. The molecule has 0 aliphatic carbocycles. The van der Waals surface area contributed by atoms with E-state index in [9.17, 15) is 9.90 Å². The van der Waals surface area contributed by atoms with Crippen molar-refractivity contribution >= 4 is 11.6 Å². The molecule has 2 heterocycles. The Morgan fingerprint density at radius 3 is 3.00 bits per heavy atom. The molecule has 0 radical (unpaired) electrons. The third-order valence-corrected chi connectivity index (χ3v) is 4.14. The van der Waals surface area contributed by atoms with Crippen molar-refractivity contribution < 1.29 is 14.6 Å². The number of hydrogen-bond donors (Lipinski definition) is 2. The van der Waals surface area contributed by atoms with E-state index in [2.05, 4.69) is 0 Å². The van der Waals surface area contributed by atoms with Gasteiger partial charge in [-0.25, -0.2) is 0 Å². The van der Waals surface area contributed by atoms with Gasteiger partial charge < -0.3 is 20.5 Å². The van der Waals surface area contributed by atoms with Crippen LogP contribution in [-0.2, 0) is 17.6 Å². The van der Waals surface area contributed by atoms with Gasteiger partial charge in [-0.05, 0) is 18.6 Å². The van der Waals surface area contributed by atoms with Crippen LogP contribution in [0.2, 0.25) is 0 Å². The van der Waals surface area contributed by atoms with Crippen LogP contribution >= 0.6 is 0 Å². The molecule has 3 N–H and O–H groups in total. The largest absolute Gasteiger partial charge is 0.490 e.